The van der Waals surface area contributed by atoms with Gasteiger partial charge in [0.15, 0.2) is 6.04 Å². The number of thioether (sulfide) groups is 1. The van der Waals surface area contributed by atoms with Crippen molar-refractivity contribution in [3.63, 3.8) is 0 Å². The monoisotopic (exact) mass is 403 g/mol. The van der Waals surface area contributed by atoms with E-state index in [4.69, 9.17) is 10.3 Å². The van der Waals surface area contributed by atoms with E-state index in [-0.39, 0.29) is 12.2 Å². The van der Waals surface area contributed by atoms with Gasteiger partial charge in [-0.15, -0.1) is 11.8 Å². The van der Waals surface area contributed by atoms with Gasteiger partial charge in [-0.25, -0.2) is 9.59 Å². The fourth-order valence-corrected chi connectivity index (χ4v) is 4.02. The van der Waals surface area contributed by atoms with Gasteiger partial charge < -0.3 is 20.1 Å². The molecule has 1 aromatic carbocycles. The van der Waals surface area contributed by atoms with Gasteiger partial charge in [0, 0.05) is 10.5 Å². The molecule has 11 nitrogen and oxygen atoms in total. The highest BCUT2D eigenvalue weighted by atomic mass is 32.2. The molecule has 2 N–H and O–H groups in total. The lowest BCUT2D eigenvalue weighted by Crippen LogP contribution is -2.74. The van der Waals surface area contributed by atoms with Crippen molar-refractivity contribution < 1.29 is 29.0 Å². The van der Waals surface area contributed by atoms with E-state index in [1.54, 1.807) is 24.3 Å². The van der Waals surface area contributed by atoms with E-state index in [0.717, 1.165) is 22.2 Å². The van der Waals surface area contributed by atoms with Crippen molar-refractivity contribution in [2.45, 2.75) is 24.1 Å². The molecule has 1 aromatic rings. The fourth-order valence-electron chi connectivity index (χ4n) is 2.80. The first-order valence-electron chi connectivity index (χ1n) is 7.91. The van der Waals surface area contributed by atoms with E-state index in [9.17, 15) is 24.3 Å². The summed E-state index contributed by atoms with van der Waals surface area (Å²) in [7, 11) is 0. The van der Waals surface area contributed by atoms with Gasteiger partial charge in [-0.3, -0.25) is 9.59 Å². The molecular formula is C16H13N5O6S. The molecule has 1 saturated heterocycles. The van der Waals surface area contributed by atoms with Gasteiger partial charge >= 0.3 is 12.1 Å². The zero-order valence-corrected chi connectivity index (χ0v) is 14.9. The lowest BCUT2D eigenvalue weighted by molar-refractivity contribution is -0.159. The first-order chi connectivity index (χ1) is 13.4. The lowest BCUT2D eigenvalue weighted by atomic mass is 9.98. The van der Waals surface area contributed by atoms with E-state index in [0.29, 0.717) is 0 Å². The zero-order chi connectivity index (χ0) is 20.3. The summed E-state index contributed by atoms with van der Waals surface area (Å²) in [6, 6.07) is 6.35. The minimum atomic E-state index is -1.59. The summed E-state index contributed by atoms with van der Waals surface area (Å²) in [5, 5.41) is 15.2. The van der Waals surface area contributed by atoms with Crippen LogP contribution in [0.15, 0.2) is 46.4 Å². The van der Waals surface area contributed by atoms with Crippen LogP contribution in [0, 0.1) is 0 Å². The van der Waals surface area contributed by atoms with Crippen LogP contribution < -0.4 is 5.32 Å². The third kappa shape index (κ3) is 3.63. The second-order valence-corrected chi connectivity index (χ2v) is 6.76. The zero-order valence-electron chi connectivity index (χ0n) is 14.1. The lowest BCUT2D eigenvalue weighted by Gasteiger charge is -2.50. The molecule has 3 rings (SSSR count). The molecule has 2 unspecified atom stereocenters. The number of nitrogens with one attached hydrogen (secondary N) is 1. The molecule has 0 aromatic heterocycles. The van der Waals surface area contributed by atoms with E-state index in [1.165, 1.54) is 5.41 Å². The summed E-state index contributed by atoms with van der Waals surface area (Å²) in [5.41, 5.74) is 8.81. The average Bonchev–Trinajstić information content (AvgIpc) is 2.70. The van der Waals surface area contributed by atoms with Crippen molar-refractivity contribution in [1.82, 2.24) is 10.2 Å². The second-order valence-electron chi connectivity index (χ2n) is 5.76. The SMILES string of the molecule is [N-]=[N+]=NC(=O)C1=CS[C@@H]2C(NC(=O)OCc3ccccc3)C(=O)N2C1C(=O)O. The Morgan fingerprint density at radius 3 is 2.68 bits per heavy atom. The van der Waals surface area contributed by atoms with Crippen LogP contribution in [-0.4, -0.2) is 51.3 Å². The highest BCUT2D eigenvalue weighted by Gasteiger charge is 2.56. The number of hydrogen-bond donors (Lipinski definition) is 2. The third-order valence-electron chi connectivity index (χ3n) is 4.09. The Hall–Kier alpha value is -3.50. The van der Waals surface area contributed by atoms with Gasteiger partial charge in [-0.05, 0) is 21.6 Å². The molecule has 1 fully saturated rings. The Morgan fingerprint density at radius 1 is 1.32 bits per heavy atom. The number of alkyl carbamates (subject to hydrolysis) is 1. The quantitative estimate of drug-likeness (QED) is 0.325. The number of carboxylic acid groups (broad SMARTS) is 1. The summed E-state index contributed by atoms with van der Waals surface area (Å²) < 4.78 is 5.06. The molecule has 0 saturated carbocycles. The van der Waals surface area contributed by atoms with E-state index in [1.807, 2.05) is 6.07 Å². The molecule has 3 atom stereocenters. The minimum Gasteiger partial charge on any atom is -0.479 e. The van der Waals surface area contributed by atoms with Crippen LogP contribution in [-0.2, 0) is 25.7 Å². The summed E-state index contributed by atoms with van der Waals surface area (Å²) >= 11 is 0.970. The number of rotatable bonds is 5. The first kappa shape index (κ1) is 19.3. The number of carbonyl (C=O) groups is 4. The molecule has 2 aliphatic heterocycles. The highest BCUT2D eigenvalue weighted by molar-refractivity contribution is 8.03. The maximum absolute atomic E-state index is 12.4. The Kier molecular flexibility index (Phi) is 5.52. The molecule has 2 heterocycles. The van der Waals surface area contributed by atoms with E-state index >= 15 is 0 Å². The molecule has 2 aliphatic rings. The number of hydrogen-bond acceptors (Lipinski definition) is 6. The number of nitrogens with zero attached hydrogens (tertiary/aromatic N) is 4. The second kappa shape index (κ2) is 8.03. The number of amides is 3. The summed E-state index contributed by atoms with van der Waals surface area (Å²) in [5.74, 6) is -3.20. The molecule has 0 spiro atoms. The molecule has 12 heteroatoms. The fraction of sp³-hybridized carbons (Fsp3) is 0.250. The number of carboxylic acids is 1. The maximum Gasteiger partial charge on any atom is 0.408 e. The molecular weight excluding hydrogens is 390 g/mol. The Morgan fingerprint density at radius 2 is 2.04 bits per heavy atom. The van der Waals surface area contributed by atoms with Crippen LogP contribution in [0.5, 0.6) is 0 Å². The van der Waals surface area contributed by atoms with Gasteiger partial charge in [0.1, 0.15) is 18.0 Å². The molecule has 28 heavy (non-hydrogen) atoms. The molecule has 144 valence electrons. The third-order valence-corrected chi connectivity index (χ3v) is 5.26. The number of carbonyl (C=O) groups excluding carboxylic acids is 3. The summed E-state index contributed by atoms with van der Waals surface area (Å²) in [4.78, 5) is 51.0. The number of ether oxygens (including phenoxy) is 1. The molecule has 3 amide bonds. The number of β-lactam (4-membered cyclic amide) rings is 1. The predicted octanol–water partition coefficient (Wildman–Crippen LogP) is 1.37. The molecule has 0 aliphatic carbocycles. The van der Waals surface area contributed by atoms with Crippen molar-refractivity contribution in [1.29, 1.82) is 0 Å². The van der Waals surface area contributed by atoms with Crippen LogP contribution in [0.25, 0.3) is 10.4 Å². The van der Waals surface area contributed by atoms with Crippen LogP contribution in [0.3, 0.4) is 0 Å². The van der Waals surface area contributed by atoms with Crippen molar-refractivity contribution in [3.8, 4) is 0 Å². The molecule has 0 radical (unpaired) electrons. The summed E-state index contributed by atoms with van der Waals surface area (Å²) in [6.45, 7) is 0.0115. The smallest absolute Gasteiger partial charge is 0.408 e. The Balaban J connectivity index is 1.67. The Bertz CT molecular complexity index is 913. The van der Waals surface area contributed by atoms with Gasteiger partial charge in [0.25, 0.3) is 0 Å². The van der Waals surface area contributed by atoms with E-state index < -0.39 is 41.3 Å². The predicted molar refractivity (Wildman–Crippen MR) is 95.4 cm³/mol. The number of azide groups is 1. The molecule has 0 bridgehead atoms. The van der Waals surface area contributed by atoms with Crippen molar-refractivity contribution in [2.24, 2.45) is 5.11 Å². The van der Waals surface area contributed by atoms with Crippen LogP contribution >= 0.6 is 11.8 Å². The Labute approximate surface area is 161 Å². The van der Waals surface area contributed by atoms with Crippen LogP contribution in [0.1, 0.15) is 5.56 Å². The van der Waals surface area contributed by atoms with E-state index in [2.05, 4.69) is 15.3 Å². The van der Waals surface area contributed by atoms with Gasteiger partial charge in [0.2, 0.25) is 11.8 Å². The van der Waals surface area contributed by atoms with Gasteiger partial charge in [-0.1, -0.05) is 30.3 Å². The average molecular weight is 403 g/mol. The topological polar surface area (TPSA) is 162 Å². The van der Waals surface area contributed by atoms with Crippen LogP contribution in [0.2, 0.25) is 0 Å². The van der Waals surface area contributed by atoms with Crippen LogP contribution in [0.4, 0.5) is 4.79 Å². The maximum atomic E-state index is 12.4. The summed E-state index contributed by atoms with van der Waals surface area (Å²) in [6.07, 6.45) is -0.825. The normalized spacial score (nSPS) is 22.7. The van der Waals surface area contributed by atoms with Gasteiger partial charge in [0.05, 0.1) is 0 Å². The van der Waals surface area contributed by atoms with Crippen molar-refractivity contribution in [3.05, 3.63) is 57.3 Å². The number of benzene rings is 1. The minimum absolute atomic E-state index is 0.0115. The highest BCUT2D eigenvalue weighted by Crippen LogP contribution is 2.40. The van der Waals surface area contributed by atoms with Crippen molar-refractivity contribution >= 4 is 35.6 Å². The first-order valence-corrected chi connectivity index (χ1v) is 8.85. The van der Waals surface area contributed by atoms with Gasteiger partial charge in [-0.2, -0.15) is 0 Å². The standard InChI is InChI=1S/C16H13N5O6S/c17-20-19-12(22)9-7-28-14-10(13(23)21(14)11(9)15(24)25)18-16(26)27-6-8-4-2-1-3-5-8/h1-5,7,10-11,14H,6H2,(H,18,26)(H,24,25)/t10?,11?,14-/m1/s1. The number of fused-ring (bicyclic) bond motifs is 1. The largest absolute Gasteiger partial charge is 0.479 e. The van der Waals surface area contributed by atoms with Crippen molar-refractivity contribution in [2.75, 3.05) is 0 Å². The number of aliphatic carboxylic acids is 1.